The maximum Gasteiger partial charge on any atom is 0.324 e. The minimum absolute atomic E-state index is 0.0139. The molecule has 9 heteroatoms. The van der Waals surface area contributed by atoms with Gasteiger partial charge in [0.15, 0.2) is 5.78 Å². The molecule has 0 radical (unpaired) electrons. The largest absolute Gasteiger partial charge is 0.324 e. The van der Waals surface area contributed by atoms with Crippen LogP contribution in [0.5, 0.6) is 0 Å². The molecule has 1 saturated heterocycles. The monoisotopic (exact) mass is 603 g/mol. The normalized spacial score (nSPS) is 14.8. The number of Topliss-reactive ketones (excluding diaryl/α,β-unsaturated/α-hetero) is 1. The van der Waals surface area contributed by atoms with E-state index in [2.05, 4.69) is 41.7 Å². The molecule has 0 bridgehead atoms. The van der Waals surface area contributed by atoms with Gasteiger partial charge in [0, 0.05) is 23.4 Å². The van der Waals surface area contributed by atoms with Crippen molar-refractivity contribution >= 4 is 29.0 Å². The SMILES string of the molecule is Cc1ccc(-n2nc(C(C)(C)C)cc2NC(=O)Nc2ccccc2C(C(=O)c2c(C)nc3ccccn23)C2CCNCC2)cc1. The summed E-state index contributed by atoms with van der Waals surface area (Å²) in [6.07, 6.45) is 3.61. The zero-order valence-corrected chi connectivity index (χ0v) is 26.6. The number of ketones is 1. The van der Waals surface area contributed by atoms with Gasteiger partial charge in [-0.25, -0.2) is 14.5 Å². The first-order valence-electron chi connectivity index (χ1n) is 15.6. The van der Waals surface area contributed by atoms with E-state index >= 15 is 0 Å². The predicted octanol–water partition coefficient (Wildman–Crippen LogP) is 7.04. The first-order chi connectivity index (χ1) is 21.6. The molecule has 1 aliphatic rings. The molecule has 5 aromatic rings. The van der Waals surface area contributed by atoms with E-state index in [4.69, 9.17) is 5.10 Å². The van der Waals surface area contributed by atoms with Gasteiger partial charge in [-0.2, -0.15) is 5.10 Å². The third-order valence-corrected chi connectivity index (χ3v) is 8.62. The van der Waals surface area contributed by atoms with Crippen LogP contribution >= 0.6 is 0 Å². The highest BCUT2D eigenvalue weighted by Crippen LogP contribution is 2.38. The van der Waals surface area contributed by atoms with Crippen LogP contribution in [0.2, 0.25) is 0 Å². The molecule has 4 heterocycles. The first kappa shape index (κ1) is 30.3. The number of pyridine rings is 1. The molecule has 1 aliphatic heterocycles. The predicted molar refractivity (Wildman–Crippen MR) is 179 cm³/mol. The number of fused-ring (bicyclic) bond motifs is 1. The van der Waals surface area contributed by atoms with Crippen LogP contribution in [-0.2, 0) is 5.41 Å². The summed E-state index contributed by atoms with van der Waals surface area (Å²) < 4.78 is 3.65. The van der Waals surface area contributed by atoms with E-state index in [0.717, 1.165) is 54.1 Å². The van der Waals surface area contributed by atoms with Gasteiger partial charge in [0.05, 0.1) is 23.0 Å². The number of para-hydroxylation sites is 1. The highest BCUT2D eigenvalue weighted by molar-refractivity contribution is 6.04. The van der Waals surface area contributed by atoms with E-state index in [-0.39, 0.29) is 17.1 Å². The lowest BCUT2D eigenvalue weighted by Gasteiger charge is -2.31. The Balaban J connectivity index is 1.34. The number of carbonyl (C=O) groups excluding carboxylic acids is 2. The number of amides is 2. The Labute approximate surface area is 264 Å². The van der Waals surface area contributed by atoms with Gasteiger partial charge in [-0.3, -0.25) is 14.5 Å². The Bertz CT molecular complexity index is 1840. The average molecular weight is 604 g/mol. The minimum Gasteiger partial charge on any atom is -0.317 e. The quantitative estimate of drug-likeness (QED) is 0.173. The second kappa shape index (κ2) is 12.3. The van der Waals surface area contributed by atoms with E-state index in [1.807, 2.05) is 97.2 Å². The molecule has 2 aromatic carbocycles. The number of rotatable bonds is 7. The standard InChI is InChI=1S/C36H41N7O2/c1-23-13-15-26(16-14-23)43-31(22-29(41-43)36(3,4)5)40-35(45)39-28-11-7-6-10-27(28)32(25-17-19-37-20-18-25)34(44)33-24(2)38-30-12-8-9-21-42(30)33/h6-16,21-22,25,32,37H,17-20H2,1-5H3,(H2,39,40,45). The number of aromatic nitrogens is 4. The average Bonchev–Trinajstić information content (AvgIpc) is 3.59. The van der Waals surface area contributed by atoms with E-state index in [1.54, 1.807) is 4.68 Å². The number of anilines is 2. The van der Waals surface area contributed by atoms with Crippen molar-refractivity contribution in [3.63, 3.8) is 0 Å². The lowest BCUT2D eigenvalue weighted by atomic mass is 9.76. The number of nitrogens with zero attached hydrogens (tertiary/aromatic N) is 4. The molecule has 232 valence electrons. The van der Waals surface area contributed by atoms with Crippen molar-refractivity contribution in [3.8, 4) is 5.69 Å². The van der Waals surface area contributed by atoms with E-state index in [1.165, 1.54) is 0 Å². The van der Waals surface area contributed by atoms with Gasteiger partial charge < -0.3 is 10.6 Å². The van der Waals surface area contributed by atoms with Crippen LogP contribution in [0.15, 0.2) is 79.0 Å². The summed E-state index contributed by atoms with van der Waals surface area (Å²) in [6.45, 7) is 11.9. The smallest absolute Gasteiger partial charge is 0.317 e. The molecular formula is C36H41N7O2. The van der Waals surface area contributed by atoms with Crippen molar-refractivity contribution < 1.29 is 9.59 Å². The zero-order chi connectivity index (χ0) is 31.7. The fraction of sp³-hybridized carbons (Fsp3) is 0.333. The summed E-state index contributed by atoms with van der Waals surface area (Å²) in [5, 5.41) is 14.4. The summed E-state index contributed by atoms with van der Waals surface area (Å²) in [5.41, 5.74) is 6.08. The lowest BCUT2D eigenvalue weighted by Crippen LogP contribution is -2.34. The molecule has 6 rings (SSSR count). The number of benzene rings is 2. The van der Waals surface area contributed by atoms with Gasteiger partial charge in [-0.1, -0.05) is 62.7 Å². The molecule has 1 fully saturated rings. The molecule has 3 aromatic heterocycles. The Kier molecular flexibility index (Phi) is 8.29. The van der Waals surface area contributed by atoms with Crippen LogP contribution in [0.1, 0.15) is 72.5 Å². The lowest BCUT2D eigenvalue weighted by molar-refractivity contribution is 0.0909. The number of nitrogens with one attached hydrogen (secondary N) is 3. The van der Waals surface area contributed by atoms with Gasteiger partial charge in [0.25, 0.3) is 0 Å². The van der Waals surface area contributed by atoms with Crippen LogP contribution in [0, 0.1) is 19.8 Å². The van der Waals surface area contributed by atoms with Crippen molar-refractivity contribution in [2.24, 2.45) is 5.92 Å². The van der Waals surface area contributed by atoms with Gasteiger partial charge in [0.1, 0.15) is 17.2 Å². The number of hydrogen-bond donors (Lipinski definition) is 3. The van der Waals surface area contributed by atoms with Crippen LogP contribution in [-0.4, -0.2) is 44.1 Å². The van der Waals surface area contributed by atoms with Crippen LogP contribution < -0.4 is 16.0 Å². The zero-order valence-electron chi connectivity index (χ0n) is 26.6. The van der Waals surface area contributed by atoms with Crippen molar-refractivity contribution in [1.82, 2.24) is 24.5 Å². The van der Waals surface area contributed by atoms with Gasteiger partial charge >= 0.3 is 6.03 Å². The van der Waals surface area contributed by atoms with Gasteiger partial charge in [-0.15, -0.1) is 0 Å². The Morgan fingerprint density at radius 3 is 2.38 bits per heavy atom. The number of piperidine rings is 1. The van der Waals surface area contributed by atoms with E-state index < -0.39 is 11.9 Å². The summed E-state index contributed by atoms with van der Waals surface area (Å²) in [7, 11) is 0. The summed E-state index contributed by atoms with van der Waals surface area (Å²) >= 11 is 0. The molecule has 9 nitrogen and oxygen atoms in total. The third kappa shape index (κ3) is 6.26. The maximum absolute atomic E-state index is 14.6. The summed E-state index contributed by atoms with van der Waals surface area (Å²) in [6, 6.07) is 22.9. The van der Waals surface area contributed by atoms with Crippen molar-refractivity contribution in [1.29, 1.82) is 0 Å². The molecule has 1 atom stereocenters. The second-order valence-corrected chi connectivity index (χ2v) is 13.0. The molecule has 0 saturated carbocycles. The maximum atomic E-state index is 14.6. The number of urea groups is 1. The summed E-state index contributed by atoms with van der Waals surface area (Å²) in [4.78, 5) is 32.9. The fourth-order valence-electron chi connectivity index (χ4n) is 6.22. The fourth-order valence-corrected chi connectivity index (χ4v) is 6.22. The Morgan fingerprint density at radius 2 is 1.64 bits per heavy atom. The highest BCUT2D eigenvalue weighted by atomic mass is 16.2. The highest BCUT2D eigenvalue weighted by Gasteiger charge is 2.35. The number of carbonyl (C=O) groups is 2. The topological polar surface area (TPSA) is 105 Å². The van der Waals surface area contributed by atoms with Crippen molar-refractivity contribution in [2.75, 3.05) is 23.7 Å². The van der Waals surface area contributed by atoms with E-state index in [0.29, 0.717) is 22.9 Å². The van der Waals surface area contributed by atoms with Gasteiger partial charge in [0.2, 0.25) is 0 Å². The number of hydrogen-bond acceptors (Lipinski definition) is 5. The molecule has 45 heavy (non-hydrogen) atoms. The first-order valence-corrected chi connectivity index (χ1v) is 15.6. The van der Waals surface area contributed by atoms with Crippen molar-refractivity contribution in [3.05, 3.63) is 107 Å². The van der Waals surface area contributed by atoms with E-state index in [9.17, 15) is 9.59 Å². The Morgan fingerprint density at radius 1 is 0.933 bits per heavy atom. The van der Waals surface area contributed by atoms with Crippen LogP contribution in [0.3, 0.4) is 0 Å². The Hall–Kier alpha value is -4.76. The third-order valence-electron chi connectivity index (χ3n) is 8.62. The molecule has 2 amide bonds. The summed E-state index contributed by atoms with van der Waals surface area (Å²) in [5.74, 6) is 0.231. The number of aryl methyl sites for hydroxylation is 2. The second-order valence-electron chi connectivity index (χ2n) is 13.0. The van der Waals surface area contributed by atoms with Crippen LogP contribution in [0.25, 0.3) is 11.3 Å². The molecule has 0 aliphatic carbocycles. The van der Waals surface area contributed by atoms with Gasteiger partial charge in [-0.05, 0) is 81.6 Å². The van der Waals surface area contributed by atoms with Crippen LogP contribution in [0.4, 0.5) is 16.3 Å². The molecule has 0 spiro atoms. The molecule has 3 N–H and O–H groups in total. The van der Waals surface area contributed by atoms with Crippen molar-refractivity contribution in [2.45, 2.75) is 58.8 Å². The minimum atomic E-state index is -0.451. The molecular weight excluding hydrogens is 562 g/mol. The molecule has 1 unspecified atom stereocenters. The number of imidazole rings is 1.